The van der Waals surface area contributed by atoms with Crippen LogP contribution in [-0.4, -0.2) is 27.1 Å². The summed E-state index contributed by atoms with van der Waals surface area (Å²) in [6, 6.07) is 8.51. The van der Waals surface area contributed by atoms with E-state index in [4.69, 9.17) is 23.2 Å². The zero-order valence-corrected chi connectivity index (χ0v) is 17.3. The molecule has 9 heteroatoms. The van der Waals surface area contributed by atoms with Crippen LogP contribution in [0, 0.1) is 20.8 Å². The van der Waals surface area contributed by atoms with E-state index in [0.717, 1.165) is 5.56 Å². The molecule has 2 aromatic rings. The number of nitrogens with zero attached hydrogens (tertiary/aromatic N) is 1. The van der Waals surface area contributed by atoms with E-state index in [1.54, 1.807) is 44.2 Å². The average molecular weight is 428 g/mol. The van der Waals surface area contributed by atoms with E-state index in [1.807, 2.05) is 6.92 Å². The fourth-order valence-electron chi connectivity index (χ4n) is 2.67. The summed E-state index contributed by atoms with van der Waals surface area (Å²) >= 11 is 12.0. The van der Waals surface area contributed by atoms with Crippen molar-refractivity contribution in [2.75, 3.05) is 6.54 Å². The molecule has 2 N–H and O–H groups in total. The fourth-order valence-corrected chi connectivity index (χ4v) is 4.59. The second-order valence-corrected chi connectivity index (χ2v) is 8.50. The van der Waals surface area contributed by atoms with Gasteiger partial charge < -0.3 is 0 Å². The van der Waals surface area contributed by atoms with Crippen LogP contribution in [0.5, 0.6) is 0 Å². The monoisotopic (exact) mass is 427 g/mol. The van der Waals surface area contributed by atoms with Gasteiger partial charge in [-0.3, -0.25) is 4.79 Å². The molecule has 0 atom stereocenters. The molecule has 0 spiro atoms. The second-order valence-electron chi connectivity index (χ2n) is 5.98. The first-order chi connectivity index (χ1) is 12.6. The number of hydrazone groups is 1. The first-order valence-electron chi connectivity index (χ1n) is 7.95. The van der Waals surface area contributed by atoms with Crippen molar-refractivity contribution in [2.45, 2.75) is 25.7 Å². The van der Waals surface area contributed by atoms with Gasteiger partial charge in [0.05, 0.1) is 27.7 Å². The third kappa shape index (κ3) is 5.52. The minimum atomic E-state index is -3.83. The standard InChI is InChI=1S/C18H19Cl2N3O3S/c1-11-7-12(2)18(13(3)8-11)27(25,26)22-10-17(24)23-21-9-14-15(19)5-4-6-16(14)20/h4-9,22H,10H2,1-3H3,(H,23,24)/b21-9-. The maximum Gasteiger partial charge on any atom is 0.255 e. The smallest absolute Gasteiger partial charge is 0.255 e. The Morgan fingerprint density at radius 2 is 1.67 bits per heavy atom. The van der Waals surface area contributed by atoms with Crippen LogP contribution < -0.4 is 10.1 Å². The van der Waals surface area contributed by atoms with Crippen molar-refractivity contribution in [1.29, 1.82) is 0 Å². The van der Waals surface area contributed by atoms with E-state index in [-0.39, 0.29) is 4.90 Å². The van der Waals surface area contributed by atoms with Crippen LogP contribution in [0.4, 0.5) is 0 Å². The van der Waals surface area contributed by atoms with Gasteiger partial charge in [-0.1, -0.05) is 47.0 Å². The molecule has 0 radical (unpaired) electrons. The van der Waals surface area contributed by atoms with Crippen LogP contribution >= 0.6 is 23.2 Å². The second kappa shape index (κ2) is 8.84. The van der Waals surface area contributed by atoms with E-state index in [1.165, 1.54) is 6.21 Å². The van der Waals surface area contributed by atoms with Crippen LogP contribution in [0.1, 0.15) is 22.3 Å². The molecule has 0 unspecified atom stereocenters. The number of carbonyl (C=O) groups excluding carboxylic acids is 1. The fraction of sp³-hybridized carbons (Fsp3) is 0.222. The molecular formula is C18H19Cl2N3O3S. The summed E-state index contributed by atoms with van der Waals surface area (Å²) < 4.78 is 27.3. The van der Waals surface area contributed by atoms with E-state index >= 15 is 0 Å². The van der Waals surface area contributed by atoms with Gasteiger partial charge in [0, 0.05) is 5.56 Å². The minimum Gasteiger partial charge on any atom is -0.272 e. The molecule has 0 aliphatic carbocycles. The molecule has 2 rings (SSSR count). The van der Waals surface area contributed by atoms with E-state index in [2.05, 4.69) is 15.2 Å². The molecular weight excluding hydrogens is 409 g/mol. The highest BCUT2D eigenvalue weighted by Gasteiger charge is 2.20. The van der Waals surface area contributed by atoms with Gasteiger partial charge in [0.15, 0.2) is 0 Å². The molecule has 0 aliphatic rings. The first kappa shape index (κ1) is 21.4. The largest absolute Gasteiger partial charge is 0.272 e. The van der Waals surface area contributed by atoms with Crippen molar-refractivity contribution in [3.63, 3.8) is 0 Å². The van der Waals surface area contributed by atoms with Crippen LogP contribution in [-0.2, 0) is 14.8 Å². The van der Waals surface area contributed by atoms with Gasteiger partial charge >= 0.3 is 0 Å². The summed E-state index contributed by atoms with van der Waals surface area (Å²) in [6.45, 7) is 4.86. The molecule has 27 heavy (non-hydrogen) atoms. The molecule has 0 heterocycles. The number of carbonyl (C=O) groups is 1. The van der Waals surface area contributed by atoms with Gasteiger partial charge in [0.1, 0.15) is 0 Å². The maximum absolute atomic E-state index is 12.5. The molecule has 0 saturated heterocycles. The molecule has 0 bridgehead atoms. The van der Waals surface area contributed by atoms with Gasteiger partial charge in [-0.2, -0.15) is 5.10 Å². The van der Waals surface area contributed by atoms with Crippen molar-refractivity contribution < 1.29 is 13.2 Å². The SMILES string of the molecule is Cc1cc(C)c(S(=O)(=O)NCC(=O)N/N=C\c2c(Cl)cccc2Cl)c(C)c1. The molecule has 1 amide bonds. The van der Waals surface area contributed by atoms with Gasteiger partial charge in [-0.05, 0) is 44.0 Å². The summed E-state index contributed by atoms with van der Waals surface area (Å²) in [6.07, 6.45) is 1.30. The maximum atomic E-state index is 12.5. The zero-order chi connectivity index (χ0) is 20.2. The molecule has 0 fully saturated rings. The Morgan fingerprint density at radius 1 is 1.11 bits per heavy atom. The number of hydrogen-bond acceptors (Lipinski definition) is 4. The number of aryl methyl sites for hydroxylation is 3. The van der Waals surface area contributed by atoms with E-state index in [9.17, 15) is 13.2 Å². The summed E-state index contributed by atoms with van der Waals surface area (Å²) in [5, 5.41) is 4.52. The normalized spacial score (nSPS) is 11.7. The van der Waals surface area contributed by atoms with Crippen molar-refractivity contribution in [3.05, 3.63) is 62.6 Å². The summed E-state index contributed by atoms with van der Waals surface area (Å²) in [5.41, 5.74) is 4.89. The third-order valence-electron chi connectivity index (χ3n) is 3.68. The summed E-state index contributed by atoms with van der Waals surface area (Å²) in [5.74, 6) is -0.625. The lowest BCUT2D eigenvalue weighted by atomic mass is 10.1. The van der Waals surface area contributed by atoms with Gasteiger partial charge in [-0.15, -0.1) is 0 Å². The average Bonchev–Trinajstić information content (AvgIpc) is 2.54. The van der Waals surface area contributed by atoms with Crippen molar-refractivity contribution in [1.82, 2.24) is 10.1 Å². The number of benzene rings is 2. The lowest BCUT2D eigenvalue weighted by Gasteiger charge is -2.12. The zero-order valence-electron chi connectivity index (χ0n) is 15.0. The topological polar surface area (TPSA) is 87.6 Å². The summed E-state index contributed by atoms with van der Waals surface area (Å²) in [7, 11) is -3.83. The first-order valence-corrected chi connectivity index (χ1v) is 10.2. The van der Waals surface area contributed by atoms with Crippen LogP contribution in [0.15, 0.2) is 40.3 Å². The van der Waals surface area contributed by atoms with E-state index < -0.39 is 22.5 Å². The highest BCUT2D eigenvalue weighted by Crippen LogP contribution is 2.22. The minimum absolute atomic E-state index is 0.173. The quantitative estimate of drug-likeness (QED) is 0.547. The van der Waals surface area contributed by atoms with Crippen molar-refractivity contribution >= 4 is 45.3 Å². The van der Waals surface area contributed by atoms with Gasteiger partial charge in [0.25, 0.3) is 5.91 Å². The van der Waals surface area contributed by atoms with Crippen LogP contribution in [0.25, 0.3) is 0 Å². The Kier molecular flexibility index (Phi) is 7.00. The van der Waals surface area contributed by atoms with Gasteiger partial charge in [-0.25, -0.2) is 18.6 Å². The molecule has 0 aromatic heterocycles. The lowest BCUT2D eigenvalue weighted by molar-refractivity contribution is -0.119. The Bertz CT molecular complexity index is 962. The number of amides is 1. The predicted molar refractivity (Wildman–Crippen MR) is 108 cm³/mol. The highest BCUT2D eigenvalue weighted by atomic mass is 35.5. The highest BCUT2D eigenvalue weighted by molar-refractivity contribution is 7.89. The molecule has 0 saturated carbocycles. The Labute approximate surface area is 168 Å². The Hall–Kier alpha value is -1.93. The molecule has 6 nitrogen and oxygen atoms in total. The van der Waals surface area contributed by atoms with Crippen molar-refractivity contribution in [2.24, 2.45) is 5.10 Å². The molecule has 0 aliphatic heterocycles. The van der Waals surface area contributed by atoms with E-state index in [0.29, 0.717) is 26.7 Å². The number of nitrogens with one attached hydrogen (secondary N) is 2. The number of sulfonamides is 1. The van der Waals surface area contributed by atoms with Crippen LogP contribution in [0.3, 0.4) is 0 Å². The Balaban J connectivity index is 2.02. The predicted octanol–water partition coefficient (Wildman–Crippen LogP) is 3.35. The number of hydrogen-bond donors (Lipinski definition) is 2. The lowest BCUT2D eigenvalue weighted by Crippen LogP contribution is -2.35. The summed E-state index contributed by atoms with van der Waals surface area (Å²) in [4.78, 5) is 12.1. The van der Waals surface area contributed by atoms with Gasteiger partial charge in [0.2, 0.25) is 10.0 Å². The molecule has 144 valence electrons. The Morgan fingerprint density at radius 3 is 2.22 bits per heavy atom. The van der Waals surface area contributed by atoms with Crippen molar-refractivity contribution in [3.8, 4) is 0 Å². The number of rotatable bonds is 6. The third-order valence-corrected chi connectivity index (χ3v) is 6.04. The number of halogens is 2. The van der Waals surface area contributed by atoms with Crippen LogP contribution in [0.2, 0.25) is 10.0 Å². The molecule has 2 aromatic carbocycles.